The van der Waals surface area contributed by atoms with Gasteiger partial charge in [-0.2, -0.15) is 5.10 Å². The highest BCUT2D eigenvalue weighted by Crippen LogP contribution is 2.46. The Bertz CT molecular complexity index is 3050. The molecule has 5 heteroatoms. The molecule has 3 aromatic heterocycles. The predicted molar refractivity (Wildman–Crippen MR) is 238 cm³/mol. The number of pyridine rings is 1. The van der Waals surface area contributed by atoms with E-state index >= 15 is 0 Å². The summed E-state index contributed by atoms with van der Waals surface area (Å²) in [4.78, 5) is 4.76. The van der Waals surface area contributed by atoms with Gasteiger partial charge in [-0.25, -0.2) is 9.67 Å². The van der Waals surface area contributed by atoms with Crippen molar-refractivity contribution in [2.45, 2.75) is 20.8 Å². The lowest BCUT2D eigenvalue weighted by atomic mass is 9.84. The van der Waals surface area contributed by atoms with Crippen molar-refractivity contribution in [3.05, 3.63) is 205 Å². The Hall–Kier alpha value is -7.50. The number of aryl methyl sites for hydroxylation is 2. The Morgan fingerprint density at radius 2 is 1.09 bits per heavy atom. The first kappa shape index (κ1) is 35.0. The fraction of sp³-hybridized carbons (Fsp3) is 0.0566. The molecule has 0 amide bonds. The number of ether oxygens (including phenoxy) is 1. The highest BCUT2D eigenvalue weighted by molar-refractivity contribution is 6.09. The van der Waals surface area contributed by atoms with Gasteiger partial charge in [0.25, 0.3) is 0 Å². The van der Waals surface area contributed by atoms with Gasteiger partial charge in [-0.15, -0.1) is 0 Å². The minimum Gasteiger partial charge on any atom is -0.457 e. The van der Waals surface area contributed by atoms with Crippen molar-refractivity contribution < 1.29 is 4.74 Å². The zero-order valence-electron chi connectivity index (χ0n) is 32.6. The van der Waals surface area contributed by atoms with Gasteiger partial charge in [0, 0.05) is 45.9 Å². The normalized spacial score (nSPS) is 11.4. The summed E-state index contributed by atoms with van der Waals surface area (Å²) in [5.74, 6) is 2.35. The third-order valence-corrected chi connectivity index (χ3v) is 11.0. The lowest BCUT2D eigenvalue weighted by molar-refractivity contribution is 0.482. The average molecular weight is 749 g/mol. The summed E-state index contributed by atoms with van der Waals surface area (Å²) in [7, 11) is 0. The summed E-state index contributed by atoms with van der Waals surface area (Å²) in [5, 5.41) is 7.55. The largest absolute Gasteiger partial charge is 0.457 e. The highest BCUT2D eigenvalue weighted by atomic mass is 16.5. The SMILES string of the molecule is Cc1ccnc(-n2c3ccccc3c3ccc(Oc4cccc(-n5nc(C)c(-c6c(-c7ccccc7)cc(-c7ccccc7)cc6-c6ccccc6)c5C)c4)cc32)c1. The molecule has 0 aliphatic carbocycles. The summed E-state index contributed by atoms with van der Waals surface area (Å²) >= 11 is 0. The highest BCUT2D eigenvalue weighted by Gasteiger charge is 2.24. The van der Waals surface area contributed by atoms with E-state index in [1.165, 1.54) is 16.5 Å². The van der Waals surface area contributed by atoms with Gasteiger partial charge in [0.2, 0.25) is 0 Å². The fourth-order valence-electron chi connectivity index (χ4n) is 8.37. The van der Waals surface area contributed by atoms with Gasteiger partial charge in [0.05, 0.1) is 22.4 Å². The summed E-state index contributed by atoms with van der Waals surface area (Å²) in [6.07, 6.45) is 1.87. The lowest BCUT2D eigenvalue weighted by Gasteiger charge is -2.19. The number of benzene rings is 7. The van der Waals surface area contributed by atoms with Crippen molar-refractivity contribution in [1.82, 2.24) is 19.3 Å². The average Bonchev–Trinajstić information content (AvgIpc) is 3.76. The van der Waals surface area contributed by atoms with Crippen molar-refractivity contribution in [2.75, 3.05) is 0 Å². The molecule has 0 fully saturated rings. The van der Waals surface area contributed by atoms with E-state index < -0.39 is 0 Å². The first-order valence-electron chi connectivity index (χ1n) is 19.7. The minimum absolute atomic E-state index is 0.726. The van der Waals surface area contributed by atoms with Gasteiger partial charge in [0.15, 0.2) is 0 Å². The molecule has 0 unspecified atom stereocenters. The molecule has 10 aromatic rings. The van der Waals surface area contributed by atoms with Crippen LogP contribution in [0.2, 0.25) is 0 Å². The maximum absolute atomic E-state index is 6.66. The molecular formula is C53H40N4O. The molecule has 58 heavy (non-hydrogen) atoms. The van der Waals surface area contributed by atoms with E-state index in [-0.39, 0.29) is 0 Å². The molecule has 0 aliphatic rings. The van der Waals surface area contributed by atoms with Crippen molar-refractivity contribution in [3.63, 3.8) is 0 Å². The number of fused-ring (bicyclic) bond motifs is 3. The van der Waals surface area contributed by atoms with Crippen molar-refractivity contribution in [2.24, 2.45) is 0 Å². The summed E-state index contributed by atoms with van der Waals surface area (Å²) < 4.78 is 10.9. The van der Waals surface area contributed by atoms with Crippen LogP contribution in [0.4, 0.5) is 0 Å². The second-order valence-corrected chi connectivity index (χ2v) is 14.8. The monoisotopic (exact) mass is 748 g/mol. The number of aromatic nitrogens is 4. The quantitative estimate of drug-likeness (QED) is 0.155. The van der Waals surface area contributed by atoms with E-state index in [2.05, 4.69) is 188 Å². The molecule has 0 saturated carbocycles. The van der Waals surface area contributed by atoms with Gasteiger partial charge >= 0.3 is 0 Å². The van der Waals surface area contributed by atoms with Gasteiger partial charge < -0.3 is 4.74 Å². The molecule has 0 radical (unpaired) electrons. The van der Waals surface area contributed by atoms with Gasteiger partial charge in [-0.3, -0.25) is 4.57 Å². The molecule has 7 aromatic carbocycles. The zero-order valence-corrected chi connectivity index (χ0v) is 32.6. The minimum atomic E-state index is 0.726. The third-order valence-electron chi connectivity index (χ3n) is 11.0. The second-order valence-electron chi connectivity index (χ2n) is 14.8. The Morgan fingerprint density at radius 3 is 1.78 bits per heavy atom. The molecule has 10 rings (SSSR count). The molecule has 0 bridgehead atoms. The van der Waals surface area contributed by atoms with Crippen LogP contribution in [0.5, 0.6) is 11.5 Å². The molecule has 0 saturated heterocycles. The van der Waals surface area contributed by atoms with Crippen molar-refractivity contribution in [3.8, 4) is 67.5 Å². The predicted octanol–water partition coefficient (Wildman–Crippen LogP) is 13.7. The lowest BCUT2D eigenvalue weighted by Crippen LogP contribution is -2.00. The fourth-order valence-corrected chi connectivity index (χ4v) is 8.37. The van der Waals surface area contributed by atoms with Gasteiger partial charge in [0.1, 0.15) is 17.3 Å². The van der Waals surface area contributed by atoms with Crippen LogP contribution in [0.3, 0.4) is 0 Å². The standard InChI is InChI=1S/C53H40N4O/c1-35-28-29-54-51(30-35)56-49-25-14-13-24-45(49)46-27-26-44(34-50(46)56)58-43-23-15-22-42(33-43)57-37(3)52(36(2)55-57)53-47(39-18-9-5-10-19-39)31-41(38-16-7-4-8-17-38)32-48(53)40-20-11-6-12-21-40/h4-34H,1-3H3. The Balaban J connectivity index is 1.09. The topological polar surface area (TPSA) is 44.9 Å². The molecule has 0 aliphatic heterocycles. The number of nitrogens with zero attached hydrogens (tertiary/aromatic N) is 4. The molecule has 0 atom stereocenters. The van der Waals surface area contributed by atoms with E-state index in [1.54, 1.807) is 0 Å². The molecule has 5 nitrogen and oxygen atoms in total. The van der Waals surface area contributed by atoms with Gasteiger partial charge in [-0.05, 0) is 114 Å². The third kappa shape index (κ3) is 6.23. The van der Waals surface area contributed by atoms with E-state index in [0.29, 0.717) is 0 Å². The van der Waals surface area contributed by atoms with Crippen LogP contribution in [0.1, 0.15) is 17.0 Å². The van der Waals surface area contributed by atoms with Crippen molar-refractivity contribution in [1.29, 1.82) is 0 Å². The first-order chi connectivity index (χ1) is 28.5. The van der Waals surface area contributed by atoms with Crippen LogP contribution in [-0.2, 0) is 0 Å². The molecular weight excluding hydrogens is 709 g/mol. The van der Waals surface area contributed by atoms with Crippen molar-refractivity contribution >= 4 is 21.8 Å². The Morgan fingerprint density at radius 1 is 0.466 bits per heavy atom. The van der Waals surface area contributed by atoms with E-state index in [1.807, 2.05) is 30.5 Å². The smallest absolute Gasteiger partial charge is 0.137 e. The Labute approximate surface area is 338 Å². The van der Waals surface area contributed by atoms with E-state index in [4.69, 9.17) is 14.8 Å². The Kier molecular flexibility index (Phi) is 8.76. The maximum atomic E-state index is 6.66. The van der Waals surface area contributed by atoms with Gasteiger partial charge in [-0.1, -0.05) is 115 Å². The summed E-state index contributed by atoms with van der Waals surface area (Å²) in [5.41, 5.74) is 15.5. The number of para-hydroxylation sites is 1. The van der Waals surface area contributed by atoms with Crippen LogP contribution in [-0.4, -0.2) is 19.3 Å². The number of hydrogen-bond acceptors (Lipinski definition) is 3. The second kappa shape index (κ2) is 14.5. The molecule has 278 valence electrons. The molecule has 0 N–H and O–H groups in total. The van der Waals surface area contributed by atoms with Crippen LogP contribution in [0.25, 0.3) is 77.8 Å². The zero-order chi connectivity index (χ0) is 39.2. The van der Waals surface area contributed by atoms with Crippen LogP contribution in [0, 0.1) is 20.8 Å². The van der Waals surface area contributed by atoms with Crippen LogP contribution >= 0.6 is 0 Å². The van der Waals surface area contributed by atoms with E-state index in [9.17, 15) is 0 Å². The summed E-state index contributed by atoms with van der Waals surface area (Å²) in [6.45, 7) is 6.38. The summed E-state index contributed by atoms with van der Waals surface area (Å²) in [6, 6.07) is 63.8. The maximum Gasteiger partial charge on any atom is 0.137 e. The number of rotatable bonds is 8. The van der Waals surface area contributed by atoms with E-state index in [0.717, 1.165) is 89.8 Å². The number of hydrogen-bond donors (Lipinski definition) is 0. The molecule has 0 spiro atoms. The first-order valence-corrected chi connectivity index (χ1v) is 19.7. The van der Waals surface area contributed by atoms with Crippen LogP contribution in [0.15, 0.2) is 188 Å². The van der Waals surface area contributed by atoms with Crippen LogP contribution < -0.4 is 4.74 Å². The molecule has 3 heterocycles.